The summed E-state index contributed by atoms with van der Waals surface area (Å²) in [4.78, 5) is 33.8. The molecule has 1 fully saturated rings. The average Bonchev–Trinajstić information content (AvgIpc) is 2.68. The number of nitro benzene ring substituents is 1. The molecule has 0 N–H and O–H groups in total. The van der Waals surface area contributed by atoms with Gasteiger partial charge in [0, 0.05) is 24.5 Å². The molecule has 1 saturated carbocycles. The van der Waals surface area contributed by atoms with Gasteiger partial charge in [-0.15, -0.1) is 0 Å². The third-order valence-corrected chi connectivity index (χ3v) is 3.97. The Hall–Kier alpha value is -2.44. The fourth-order valence-corrected chi connectivity index (χ4v) is 2.67. The molecule has 0 spiro atoms. The summed E-state index contributed by atoms with van der Waals surface area (Å²) in [5.74, 6) is 0.333. The maximum Gasteiger partial charge on any atom is 0.514 e. The zero-order valence-electron chi connectivity index (χ0n) is 12.9. The van der Waals surface area contributed by atoms with Crippen LogP contribution in [0.4, 0.5) is 10.5 Å². The Kier molecular flexibility index (Phi) is 5.67. The number of carbonyl (C=O) groups excluding carboxylic acids is 2. The molecule has 124 valence electrons. The van der Waals surface area contributed by atoms with Gasteiger partial charge in [0.05, 0.1) is 4.92 Å². The monoisotopic (exact) mass is 321 g/mol. The summed E-state index contributed by atoms with van der Waals surface area (Å²) >= 11 is 0. The van der Waals surface area contributed by atoms with Crippen molar-refractivity contribution in [1.82, 2.24) is 0 Å². The van der Waals surface area contributed by atoms with Gasteiger partial charge >= 0.3 is 6.16 Å². The largest absolute Gasteiger partial charge is 0.514 e. The second-order valence-corrected chi connectivity index (χ2v) is 5.55. The van der Waals surface area contributed by atoms with Gasteiger partial charge < -0.3 is 9.47 Å². The molecule has 0 bridgehead atoms. The van der Waals surface area contributed by atoms with Crippen molar-refractivity contribution in [3.8, 4) is 5.75 Å². The molecule has 1 aliphatic carbocycles. The first-order valence-corrected chi connectivity index (χ1v) is 7.65. The normalized spacial score (nSPS) is 21.3. The molecule has 2 rings (SSSR count). The van der Waals surface area contributed by atoms with E-state index in [1.807, 2.05) is 6.92 Å². The van der Waals surface area contributed by atoms with Gasteiger partial charge in [-0.3, -0.25) is 14.9 Å². The molecule has 1 unspecified atom stereocenters. The summed E-state index contributed by atoms with van der Waals surface area (Å²) in [7, 11) is 0. The minimum atomic E-state index is -0.897. The van der Waals surface area contributed by atoms with Crippen molar-refractivity contribution in [3.05, 3.63) is 34.4 Å². The van der Waals surface area contributed by atoms with Crippen LogP contribution in [0.5, 0.6) is 5.75 Å². The first-order chi connectivity index (χ1) is 11.0. The quantitative estimate of drug-likeness (QED) is 0.276. The third kappa shape index (κ3) is 4.77. The number of hydrogen-bond donors (Lipinski definition) is 0. The van der Waals surface area contributed by atoms with Gasteiger partial charge in [-0.1, -0.05) is 6.92 Å². The van der Waals surface area contributed by atoms with Gasteiger partial charge in [-0.05, 0) is 37.8 Å². The van der Waals surface area contributed by atoms with E-state index in [2.05, 4.69) is 0 Å². The van der Waals surface area contributed by atoms with E-state index in [0.29, 0.717) is 6.42 Å². The fourth-order valence-electron chi connectivity index (χ4n) is 2.67. The first kappa shape index (κ1) is 16.9. The van der Waals surface area contributed by atoms with Crippen molar-refractivity contribution in [2.45, 2.75) is 45.1 Å². The van der Waals surface area contributed by atoms with Crippen LogP contribution in [0.2, 0.25) is 0 Å². The maximum atomic E-state index is 12.0. The van der Waals surface area contributed by atoms with Crippen molar-refractivity contribution >= 4 is 17.6 Å². The fraction of sp³-hybridized carbons (Fsp3) is 0.500. The molecule has 0 aromatic heterocycles. The van der Waals surface area contributed by atoms with Crippen LogP contribution in [-0.4, -0.2) is 23.0 Å². The van der Waals surface area contributed by atoms with Gasteiger partial charge in [-0.25, -0.2) is 4.79 Å². The average molecular weight is 321 g/mol. The maximum absolute atomic E-state index is 12.0. The molecule has 0 saturated heterocycles. The summed E-state index contributed by atoms with van der Waals surface area (Å²) < 4.78 is 10.2. The smallest absolute Gasteiger partial charge is 0.430 e. The summed E-state index contributed by atoms with van der Waals surface area (Å²) in [6.07, 6.45) is 1.95. The highest BCUT2D eigenvalue weighted by molar-refractivity contribution is 5.82. The van der Waals surface area contributed by atoms with Crippen LogP contribution < -0.4 is 4.74 Å². The lowest BCUT2D eigenvalue weighted by Gasteiger charge is -2.14. The SMILES string of the molecule is CCC1CCC[C@@H](OC(=O)Oc2ccc([N+](=O)[O-])cc2)CC1=O. The minimum absolute atomic E-state index is 0.0503. The van der Waals surface area contributed by atoms with Crippen LogP contribution in [0.1, 0.15) is 39.0 Å². The summed E-state index contributed by atoms with van der Waals surface area (Å²) in [5, 5.41) is 10.6. The number of nitro groups is 1. The number of rotatable bonds is 4. The molecular weight excluding hydrogens is 302 g/mol. The molecule has 1 aromatic rings. The Labute approximate surface area is 133 Å². The van der Waals surface area contributed by atoms with E-state index in [-0.39, 0.29) is 29.6 Å². The zero-order valence-corrected chi connectivity index (χ0v) is 12.9. The standard InChI is InChI=1S/C16H19NO6/c1-2-11-4-3-5-14(10-15(11)18)23-16(19)22-13-8-6-12(7-9-13)17(20)21/h6-9,11,14H,2-5,10H2,1H3/t11?,14-/m1/s1. The van der Waals surface area contributed by atoms with E-state index in [0.717, 1.165) is 19.3 Å². The molecule has 7 heteroatoms. The van der Waals surface area contributed by atoms with Crippen molar-refractivity contribution in [2.75, 3.05) is 0 Å². The van der Waals surface area contributed by atoms with Crippen molar-refractivity contribution in [2.24, 2.45) is 5.92 Å². The number of Topliss-reactive ketones (excluding diaryl/α,β-unsaturated/α-hetero) is 1. The van der Waals surface area contributed by atoms with Crippen molar-refractivity contribution in [1.29, 1.82) is 0 Å². The lowest BCUT2D eigenvalue weighted by molar-refractivity contribution is -0.384. The van der Waals surface area contributed by atoms with Crippen LogP contribution in [0.15, 0.2) is 24.3 Å². The van der Waals surface area contributed by atoms with E-state index in [4.69, 9.17) is 9.47 Å². The van der Waals surface area contributed by atoms with E-state index in [1.54, 1.807) is 0 Å². The molecule has 23 heavy (non-hydrogen) atoms. The van der Waals surface area contributed by atoms with Crippen LogP contribution >= 0.6 is 0 Å². The highest BCUT2D eigenvalue weighted by Gasteiger charge is 2.27. The second kappa shape index (κ2) is 7.71. The van der Waals surface area contributed by atoms with E-state index >= 15 is 0 Å². The molecule has 0 amide bonds. The van der Waals surface area contributed by atoms with Gasteiger partial charge in [0.1, 0.15) is 17.6 Å². The molecule has 2 atom stereocenters. The number of hydrogen-bond acceptors (Lipinski definition) is 6. The van der Waals surface area contributed by atoms with Gasteiger partial charge in [-0.2, -0.15) is 0 Å². The number of carbonyl (C=O) groups is 2. The number of ketones is 1. The minimum Gasteiger partial charge on any atom is -0.430 e. The van der Waals surface area contributed by atoms with Gasteiger partial charge in [0.25, 0.3) is 5.69 Å². The lowest BCUT2D eigenvalue weighted by Crippen LogP contribution is -2.23. The Morgan fingerprint density at radius 2 is 2.00 bits per heavy atom. The predicted molar refractivity (Wildman–Crippen MR) is 81.2 cm³/mol. The second-order valence-electron chi connectivity index (χ2n) is 5.55. The third-order valence-electron chi connectivity index (χ3n) is 3.97. The van der Waals surface area contributed by atoms with Crippen LogP contribution in [-0.2, 0) is 9.53 Å². The Morgan fingerprint density at radius 3 is 2.61 bits per heavy atom. The molecular formula is C16H19NO6. The Bertz CT molecular complexity index is 583. The molecule has 0 aliphatic heterocycles. The van der Waals surface area contributed by atoms with Gasteiger partial charge in [0.15, 0.2) is 0 Å². The predicted octanol–water partition coefficient (Wildman–Crippen LogP) is 3.65. The lowest BCUT2D eigenvalue weighted by atomic mass is 9.96. The number of ether oxygens (including phenoxy) is 2. The topological polar surface area (TPSA) is 95.7 Å². The van der Waals surface area contributed by atoms with Crippen molar-refractivity contribution in [3.63, 3.8) is 0 Å². The first-order valence-electron chi connectivity index (χ1n) is 7.65. The number of non-ortho nitro benzene ring substituents is 1. The Morgan fingerprint density at radius 1 is 1.30 bits per heavy atom. The van der Waals surface area contributed by atoms with Gasteiger partial charge in [0.2, 0.25) is 0 Å². The summed E-state index contributed by atoms with van der Waals surface area (Å²) in [6.45, 7) is 1.98. The van der Waals surface area contributed by atoms with Crippen LogP contribution in [0.25, 0.3) is 0 Å². The van der Waals surface area contributed by atoms with Crippen LogP contribution in [0, 0.1) is 16.0 Å². The summed E-state index contributed by atoms with van der Waals surface area (Å²) in [6, 6.07) is 5.13. The number of nitrogens with zero attached hydrogens (tertiary/aromatic N) is 1. The summed E-state index contributed by atoms with van der Waals surface area (Å²) in [5.41, 5.74) is -0.0920. The van der Waals surface area contributed by atoms with Crippen molar-refractivity contribution < 1.29 is 24.0 Å². The van der Waals surface area contributed by atoms with E-state index < -0.39 is 17.2 Å². The number of benzene rings is 1. The molecule has 7 nitrogen and oxygen atoms in total. The highest BCUT2D eigenvalue weighted by atomic mass is 16.7. The zero-order chi connectivity index (χ0) is 16.8. The highest BCUT2D eigenvalue weighted by Crippen LogP contribution is 2.25. The molecule has 0 heterocycles. The molecule has 0 radical (unpaired) electrons. The van der Waals surface area contributed by atoms with E-state index in [9.17, 15) is 19.7 Å². The van der Waals surface area contributed by atoms with Crippen LogP contribution in [0.3, 0.4) is 0 Å². The van der Waals surface area contributed by atoms with E-state index in [1.165, 1.54) is 24.3 Å². The Balaban J connectivity index is 1.89. The molecule has 1 aliphatic rings. The molecule has 1 aromatic carbocycles.